The molecule has 1 N–H and O–H groups in total. The summed E-state index contributed by atoms with van der Waals surface area (Å²) in [6, 6.07) is 4.84. The minimum absolute atomic E-state index is 0.213. The summed E-state index contributed by atoms with van der Waals surface area (Å²) in [5, 5.41) is 1.92. The molecule has 0 spiro atoms. The Morgan fingerprint density at radius 1 is 1.35 bits per heavy atom. The molecule has 0 saturated carbocycles. The van der Waals surface area contributed by atoms with Crippen molar-refractivity contribution < 1.29 is 9.59 Å². The average molecular weight is 315 g/mol. The summed E-state index contributed by atoms with van der Waals surface area (Å²) in [5.41, 5.74) is 2.65. The van der Waals surface area contributed by atoms with Gasteiger partial charge in [-0.2, -0.15) is 5.01 Å². The van der Waals surface area contributed by atoms with Crippen molar-refractivity contribution in [3.8, 4) is 0 Å². The lowest BCUT2D eigenvalue weighted by Crippen LogP contribution is -2.38. The number of anilines is 1. The number of nitrogens with one attached hydrogen (secondary N) is 1. The van der Waals surface area contributed by atoms with Crippen molar-refractivity contribution in [1.82, 2.24) is 5.01 Å². The maximum absolute atomic E-state index is 12.4. The summed E-state index contributed by atoms with van der Waals surface area (Å²) < 4.78 is 0. The van der Waals surface area contributed by atoms with E-state index in [0.29, 0.717) is 22.2 Å². The number of hydrazine groups is 1. The van der Waals surface area contributed by atoms with Gasteiger partial charge in [-0.3, -0.25) is 15.0 Å². The van der Waals surface area contributed by atoms with Gasteiger partial charge in [0.2, 0.25) is 5.91 Å². The maximum atomic E-state index is 12.4. The Morgan fingerprint density at radius 2 is 2.05 bits per heavy atom. The molecule has 1 fully saturated rings. The topological polar surface area (TPSA) is 49.4 Å². The van der Waals surface area contributed by atoms with Crippen LogP contribution in [0.2, 0.25) is 10.0 Å². The summed E-state index contributed by atoms with van der Waals surface area (Å²) in [7, 11) is 0. The van der Waals surface area contributed by atoms with Crippen LogP contribution in [-0.4, -0.2) is 16.8 Å². The zero-order valence-corrected chi connectivity index (χ0v) is 12.9. The van der Waals surface area contributed by atoms with Crippen LogP contribution in [0.15, 0.2) is 18.2 Å². The van der Waals surface area contributed by atoms with Crippen molar-refractivity contribution in [2.45, 2.75) is 33.1 Å². The van der Waals surface area contributed by atoms with Gasteiger partial charge in [-0.15, -0.1) is 0 Å². The maximum Gasteiger partial charge on any atom is 0.254 e. The van der Waals surface area contributed by atoms with E-state index < -0.39 is 5.41 Å². The van der Waals surface area contributed by atoms with Crippen molar-refractivity contribution >= 4 is 40.7 Å². The first-order valence-corrected chi connectivity index (χ1v) is 7.22. The van der Waals surface area contributed by atoms with Gasteiger partial charge in [0.1, 0.15) is 0 Å². The summed E-state index contributed by atoms with van der Waals surface area (Å²) in [5.74, 6) is -0.452. The van der Waals surface area contributed by atoms with Crippen LogP contribution in [0.5, 0.6) is 0 Å². The Labute approximate surface area is 128 Å². The lowest BCUT2D eigenvalue weighted by Gasteiger charge is -2.22. The van der Waals surface area contributed by atoms with Gasteiger partial charge in [0.15, 0.2) is 0 Å². The second-order valence-electron chi connectivity index (χ2n) is 5.26. The molecule has 2 rings (SSSR count). The first-order chi connectivity index (χ1) is 9.37. The molecule has 0 aliphatic carbocycles. The fourth-order valence-electron chi connectivity index (χ4n) is 2.43. The fraction of sp³-hybridized carbons (Fsp3) is 0.429. The highest BCUT2D eigenvalue weighted by molar-refractivity contribution is 6.36. The molecular formula is C14H16Cl2N2O2. The number of hydrogen-bond donors (Lipinski definition) is 1. The van der Waals surface area contributed by atoms with Crippen LogP contribution in [0.3, 0.4) is 0 Å². The van der Waals surface area contributed by atoms with Crippen molar-refractivity contribution in [2.75, 3.05) is 5.43 Å². The molecule has 1 unspecified atom stereocenters. The number of rotatable bonds is 4. The Morgan fingerprint density at radius 3 is 2.65 bits per heavy atom. The van der Waals surface area contributed by atoms with Crippen LogP contribution >= 0.6 is 23.2 Å². The average Bonchev–Trinajstić information content (AvgIpc) is 2.56. The number of nitrogens with zero attached hydrogens (tertiary/aromatic N) is 1. The number of carbonyl (C=O) groups is 2. The number of benzene rings is 1. The standard InChI is InChI=1S/C14H16Cl2N2O2/c1-3-6-14(2)8-12(19)18(13(14)20)17-11-5-4-9(15)7-10(11)16/h4-5,7,17H,3,6,8H2,1-2H3. The van der Waals surface area contributed by atoms with Gasteiger partial charge in [-0.25, -0.2) is 0 Å². The minimum Gasteiger partial charge on any atom is -0.287 e. The predicted molar refractivity (Wildman–Crippen MR) is 79.6 cm³/mol. The van der Waals surface area contributed by atoms with E-state index in [1.165, 1.54) is 0 Å². The monoisotopic (exact) mass is 314 g/mol. The molecule has 1 aliphatic rings. The van der Waals surface area contributed by atoms with Crippen LogP contribution in [0.4, 0.5) is 5.69 Å². The lowest BCUT2D eigenvalue weighted by molar-refractivity contribution is -0.139. The van der Waals surface area contributed by atoms with E-state index >= 15 is 0 Å². The highest BCUT2D eigenvalue weighted by Gasteiger charge is 2.48. The number of halogens is 2. The van der Waals surface area contributed by atoms with Crippen LogP contribution < -0.4 is 5.43 Å². The van der Waals surface area contributed by atoms with Crippen molar-refractivity contribution in [2.24, 2.45) is 5.41 Å². The van der Waals surface area contributed by atoms with E-state index in [2.05, 4.69) is 5.43 Å². The second-order valence-corrected chi connectivity index (χ2v) is 6.10. The zero-order valence-electron chi connectivity index (χ0n) is 11.4. The number of amides is 2. The molecule has 1 aliphatic heterocycles. The van der Waals surface area contributed by atoms with Crippen LogP contribution in [0.25, 0.3) is 0 Å². The fourth-order valence-corrected chi connectivity index (χ4v) is 2.88. The molecule has 0 bridgehead atoms. The Bertz CT molecular complexity index is 562. The van der Waals surface area contributed by atoms with E-state index in [4.69, 9.17) is 23.2 Å². The summed E-state index contributed by atoms with van der Waals surface area (Å²) in [6.07, 6.45) is 1.76. The normalized spacial score (nSPS) is 22.5. The molecule has 6 heteroatoms. The van der Waals surface area contributed by atoms with E-state index in [1.54, 1.807) is 18.2 Å². The van der Waals surface area contributed by atoms with Crippen molar-refractivity contribution in [3.63, 3.8) is 0 Å². The van der Waals surface area contributed by atoms with Crippen molar-refractivity contribution in [3.05, 3.63) is 28.2 Å². The van der Waals surface area contributed by atoms with E-state index in [9.17, 15) is 9.59 Å². The highest BCUT2D eigenvalue weighted by Crippen LogP contribution is 2.37. The molecule has 1 saturated heterocycles. The van der Waals surface area contributed by atoms with Gasteiger partial charge in [0, 0.05) is 11.4 Å². The summed E-state index contributed by atoms with van der Waals surface area (Å²) in [4.78, 5) is 24.4. The number of carbonyl (C=O) groups excluding carboxylic acids is 2. The molecule has 108 valence electrons. The third-order valence-corrected chi connectivity index (χ3v) is 4.02. The third kappa shape index (κ3) is 2.76. The Hall–Kier alpha value is -1.26. The first-order valence-electron chi connectivity index (χ1n) is 6.46. The van der Waals surface area contributed by atoms with Crippen molar-refractivity contribution in [1.29, 1.82) is 0 Å². The molecule has 2 amide bonds. The number of hydrogen-bond acceptors (Lipinski definition) is 3. The van der Waals surface area contributed by atoms with Gasteiger partial charge in [0.25, 0.3) is 5.91 Å². The van der Waals surface area contributed by atoms with E-state index in [0.717, 1.165) is 11.4 Å². The molecular weight excluding hydrogens is 299 g/mol. The van der Waals surface area contributed by atoms with Gasteiger partial charge >= 0.3 is 0 Å². The summed E-state index contributed by atoms with van der Waals surface area (Å²) in [6.45, 7) is 3.82. The summed E-state index contributed by atoms with van der Waals surface area (Å²) >= 11 is 11.9. The quantitative estimate of drug-likeness (QED) is 0.858. The van der Waals surface area contributed by atoms with Gasteiger partial charge in [-0.1, -0.05) is 43.5 Å². The van der Waals surface area contributed by atoms with E-state index in [-0.39, 0.29) is 18.2 Å². The molecule has 1 aromatic carbocycles. The Balaban J connectivity index is 2.21. The Kier molecular flexibility index (Phi) is 4.25. The molecule has 0 radical (unpaired) electrons. The molecule has 0 aromatic heterocycles. The molecule has 1 aromatic rings. The smallest absolute Gasteiger partial charge is 0.254 e. The first kappa shape index (κ1) is 15.1. The predicted octanol–water partition coefficient (Wildman–Crippen LogP) is 3.89. The SMILES string of the molecule is CCCC1(C)CC(=O)N(Nc2ccc(Cl)cc2Cl)C1=O. The van der Waals surface area contributed by atoms with Crippen LogP contribution in [-0.2, 0) is 9.59 Å². The van der Waals surface area contributed by atoms with Gasteiger partial charge in [-0.05, 0) is 24.6 Å². The minimum atomic E-state index is -0.627. The largest absolute Gasteiger partial charge is 0.287 e. The van der Waals surface area contributed by atoms with Crippen LogP contribution in [0.1, 0.15) is 33.1 Å². The van der Waals surface area contributed by atoms with Gasteiger partial charge < -0.3 is 0 Å². The van der Waals surface area contributed by atoms with Gasteiger partial charge in [0.05, 0.1) is 16.1 Å². The number of imide groups is 1. The van der Waals surface area contributed by atoms with Crippen LogP contribution in [0, 0.1) is 5.41 Å². The molecule has 20 heavy (non-hydrogen) atoms. The van der Waals surface area contributed by atoms with E-state index in [1.807, 2.05) is 13.8 Å². The molecule has 4 nitrogen and oxygen atoms in total. The second kappa shape index (κ2) is 5.62. The highest BCUT2D eigenvalue weighted by atomic mass is 35.5. The third-order valence-electron chi connectivity index (χ3n) is 3.48. The zero-order chi connectivity index (χ0) is 14.9. The molecule has 1 atom stereocenters. The molecule has 1 heterocycles. The lowest BCUT2D eigenvalue weighted by atomic mass is 9.84.